The summed E-state index contributed by atoms with van der Waals surface area (Å²) < 4.78 is 11.4. The number of carboxylic acids is 1. The summed E-state index contributed by atoms with van der Waals surface area (Å²) in [7, 11) is 1.47. The zero-order valence-corrected chi connectivity index (χ0v) is 21.2. The molecule has 0 aromatic heterocycles. The van der Waals surface area contributed by atoms with Crippen LogP contribution in [0.3, 0.4) is 0 Å². The van der Waals surface area contributed by atoms with Crippen molar-refractivity contribution in [1.29, 1.82) is 5.41 Å². The predicted molar refractivity (Wildman–Crippen MR) is 149 cm³/mol. The number of aromatic carboxylic acids is 1. The molecule has 0 spiro atoms. The van der Waals surface area contributed by atoms with Crippen LogP contribution in [0, 0.1) is 5.41 Å². The van der Waals surface area contributed by atoms with E-state index in [1.54, 1.807) is 60.7 Å². The van der Waals surface area contributed by atoms with Crippen molar-refractivity contribution in [3.05, 3.63) is 119 Å². The molecule has 6 N–H and O–H groups in total. The first-order valence-corrected chi connectivity index (χ1v) is 12.1. The number of carbonyl (C=O) groups excluding carboxylic acids is 1. The third kappa shape index (κ3) is 6.72. The normalized spacial score (nSPS) is 11.2. The Hall–Kier alpha value is -5.31. The van der Waals surface area contributed by atoms with Crippen LogP contribution in [-0.4, -0.2) is 29.9 Å². The van der Waals surface area contributed by atoms with Crippen molar-refractivity contribution in [3.8, 4) is 17.2 Å². The molecule has 0 aliphatic heterocycles. The maximum atomic E-state index is 13.4. The van der Waals surface area contributed by atoms with Gasteiger partial charge in [0.2, 0.25) is 5.91 Å². The van der Waals surface area contributed by atoms with Crippen LogP contribution in [0.15, 0.2) is 97.1 Å². The minimum absolute atomic E-state index is 0.0115. The maximum Gasteiger partial charge on any atom is 0.339 e. The second-order valence-corrected chi connectivity index (χ2v) is 8.59. The number of nitrogens with two attached hydrogens (primary N) is 1. The standard InChI is InChI=1S/C30H28N4O5/c1-38-26-17-21(13-16-25(26)39-24-10-6-5-9-23(24)30(36)37)27(29(35)33-18-19-7-3-2-4-8-19)34-22-14-11-20(12-15-22)28(31)32/h2-17,27,34H,18H2,1H3,(H3,31,32)(H,33,35)(H,36,37)/t27-/m1/s1. The number of carboxylic acid groups (broad SMARTS) is 1. The van der Waals surface area contributed by atoms with E-state index in [1.165, 1.54) is 13.2 Å². The van der Waals surface area contributed by atoms with Gasteiger partial charge >= 0.3 is 5.97 Å². The van der Waals surface area contributed by atoms with Crippen molar-refractivity contribution in [3.63, 3.8) is 0 Å². The van der Waals surface area contributed by atoms with Gasteiger partial charge in [0.05, 0.1) is 7.11 Å². The summed E-state index contributed by atoms with van der Waals surface area (Å²) in [4.78, 5) is 25.0. The van der Waals surface area contributed by atoms with Crippen LogP contribution in [0.25, 0.3) is 0 Å². The fourth-order valence-electron chi connectivity index (χ4n) is 3.90. The van der Waals surface area contributed by atoms with Crippen LogP contribution < -0.4 is 25.8 Å². The Labute approximate surface area is 225 Å². The highest BCUT2D eigenvalue weighted by Crippen LogP contribution is 2.36. The lowest BCUT2D eigenvalue weighted by Crippen LogP contribution is -2.33. The summed E-state index contributed by atoms with van der Waals surface area (Å²) >= 11 is 0. The average molecular weight is 525 g/mol. The van der Waals surface area contributed by atoms with Gasteiger partial charge in [-0.3, -0.25) is 10.2 Å². The molecule has 0 unspecified atom stereocenters. The van der Waals surface area contributed by atoms with E-state index in [0.29, 0.717) is 34.9 Å². The molecule has 0 bridgehead atoms. The van der Waals surface area contributed by atoms with Crippen LogP contribution in [-0.2, 0) is 11.3 Å². The zero-order chi connectivity index (χ0) is 27.8. The van der Waals surface area contributed by atoms with Gasteiger partial charge in [0.15, 0.2) is 11.5 Å². The largest absolute Gasteiger partial charge is 0.493 e. The number of methoxy groups -OCH3 is 1. The topological polar surface area (TPSA) is 147 Å². The van der Waals surface area contributed by atoms with E-state index in [1.807, 2.05) is 30.3 Å². The molecular formula is C30H28N4O5. The number of para-hydroxylation sites is 1. The van der Waals surface area contributed by atoms with Crippen LogP contribution in [0.2, 0.25) is 0 Å². The molecule has 0 aliphatic rings. The van der Waals surface area contributed by atoms with Crippen molar-refractivity contribution in [2.75, 3.05) is 12.4 Å². The first-order chi connectivity index (χ1) is 18.9. The van der Waals surface area contributed by atoms with Gasteiger partial charge in [-0.05, 0) is 59.7 Å². The van der Waals surface area contributed by atoms with Gasteiger partial charge in [-0.2, -0.15) is 0 Å². The number of nitrogen functional groups attached to an aromatic ring is 1. The maximum absolute atomic E-state index is 13.4. The van der Waals surface area contributed by atoms with Gasteiger partial charge in [0.1, 0.15) is 23.2 Å². The first-order valence-electron chi connectivity index (χ1n) is 12.1. The van der Waals surface area contributed by atoms with E-state index in [-0.39, 0.29) is 23.1 Å². The Balaban J connectivity index is 1.63. The predicted octanol–water partition coefficient (Wildman–Crippen LogP) is 4.94. The Morgan fingerprint density at radius 2 is 1.59 bits per heavy atom. The molecule has 9 heteroatoms. The lowest BCUT2D eigenvalue weighted by molar-refractivity contribution is -0.122. The molecule has 0 heterocycles. The number of amidine groups is 1. The number of hydrogen-bond donors (Lipinski definition) is 5. The van der Waals surface area contributed by atoms with Gasteiger partial charge in [0, 0.05) is 17.8 Å². The number of carbonyl (C=O) groups is 2. The molecule has 1 amide bonds. The summed E-state index contributed by atoms with van der Waals surface area (Å²) in [5.41, 5.74) is 8.33. The Bertz CT molecular complexity index is 1470. The monoisotopic (exact) mass is 524 g/mol. The molecule has 198 valence electrons. The third-order valence-corrected chi connectivity index (χ3v) is 5.94. The Morgan fingerprint density at radius 1 is 0.897 bits per heavy atom. The number of benzene rings is 4. The molecule has 39 heavy (non-hydrogen) atoms. The molecule has 4 aromatic carbocycles. The lowest BCUT2D eigenvalue weighted by Gasteiger charge is -2.22. The smallest absolute Gasteiger partial charge is 0.339 e. The van der Waals surface area contributed by atoms with E-state index in [0.717, 1.165) is 5.56 Å². The quantitative estimate of drug-likeness (QED) is 0.138. The number of nitrogens with one attached hydrogen (secondary N) is 3. The fraction of sp³-hybridized carbons (Fsp3) is 0.100. The molecule has 0 saturated carbocycles. The number of anilines is 1. The molecule has 1 atom stereocenters. The minimum atomic E-state index is -1.11. The fourth-order valence-corrected chi connectivity index (χ4v) is 3.90. The first kappa shape index (κ1) is 26.7. The molecule has 9 nitrogen and oxygen atoms in total. The second-order valence-electron chi connectivity index (χ2n) is 8.59. The van der Waals surface area contributed by atoms with Crippen molar-refractivity contribution >= 4 is 23.4 Å². The molecule has 0 aliphatic carbocycles. The molecule has 4 aromatic rings. The van der Waals surface area contributed by atoms with E-state index in [4.69, 9.17) is 20.6 Å². The Morgan fingerprint density at radius 3 is 2.26 bits per heavy atom. The number of hydrogen-bond acceptors (Lipinski definition) is 6. The molecule has 0 saturated heterocycles. The van der Waals surface area contributed by atoms with Crippen molar-refractivity contribution < 1.29 is 24.2 Å². The zero-order valence-electron chi connectivity index (χ0n) is 21.2. The summed E-state index contributed by atoms with van der Waals surface area (Å²) in [6.45, 7) is 0.339. The third-order valence-electron chi connectivity index (χ3n) is 5.94. The Kier molecular flexibility index (Phi) is 8.43. The van der Waals surface area contributed by atoms with Gasteiger partial charge in [-0.15, -0.1) is 0 Å². The molecule has 4 rings (SSSR count). The summed E-state index contributed by atoms with van der Waals surface area (Å²) in [5.74, 6) is -0.662. The van der Waals surface area contributed by atoms with Gasteiger partial charge in [0.25, 0.3) is 0 Å². The number of rotatable bonds is 11. The van der Waals surface area contributed by atoms with E-state index in [2.05, 4.69) is 10.6 Å². The minimum Gasteiger partial charge on any atom is -0.493 e. The molecule has 0 radical (unpaired) electrons. The average Bonchev–Trinajstić information content (AvgIpc) is 2.96. The highest BCUT2D eigenvalue weighted by molar-refractivity contribution is 5.95. The van der Waals surface area contributed by atoms with Crippen molar-refractivity contribution in [2.24, 2.45) is 5.73 Å². The SMILES string of the molecule is COc1cc([C@@H](Nc2ccc(C(=N)N)cc2)C(=O)NCc2ccccc2)ccc1Oc1ccccc1C(=O)O. The number of amides is 1. The van der Waals surface area contributed by atoms with Gasteiger partial charge < -0.3 is 30.9 Å². The van der Waals surface area contributed by atoms with Crippen LogP contribution in [0.5, 0.6) is 17.2 Å². The molecule has 0 fully saturated rings. The summed E-state index contributed by atoms with van der Waals surface area (Å²) in [6, 6.07) is 26.9. The number of ether oxygens (including phenoxy) is 2. The van der Waals surface area contributed by atoms with E-state index in [9.17, 15) is 14.7 Å². The van der Waals surface area contributed by atoms with Gasteiger partial charge in [-0.25, -0.2) is 4.79 Å². The second kappa shape index (κ2) is 12.3. The summed E-state index contributed by atoms with van der Waals surface area (Å²) in [5, 5.41) is 23.3. The van der Waals surface area contributed by atoms with Crippen LogP contribution in [0.4, 0.5) is 5.69 Å². The van der Waals surface area contributed by atoms with E-state index >= 15 is 0 Å². The highest BCUT2D eigenvalue weighted by atomic mass is 16.5. The highest BCUT2D eigenvalue weighted by Gasteiger charge is 2.23. The molecular weight excluding hydrogens is 496 g/mol. The summed E-state index contributed by atoms with van der Waals surface area (Å²) in [6.07, 6.45) is 0. The van der Waals surface area contributed by atoms with Gasteiger partial charge in [-0.1, -0.05) is 48.5 Å². The van der Waals surface area contributed by atoms with Crippen LogP contribution >= 0.6 is 0 Å². The lowest BCUT2D eigenvalue weighted by atomic mass is 10.0. The van der Waals surface area contributed by atoms with Crippen LogP contribution in [0.1, 0.15) is 33.1 Å². The van der Waals surface area contributed by atoms with Crippen molar-refractivity contribution in [1.82, 2.24) is 5.32 Å². The van der Waals surface area contributed by atoms with Crippen molar-refractivity contribution in [2.45, 2.75) is 12.6 Å². The van der Waals surface area contributed by atoms with E-state index < -0.39 is 12.0 Å².